The van der Waals surface area contributed by atoms with Crippen LogP contribution in [-0.4, -0.2) is 26.9 Å². The smallest absolute Gasteiger partial charge is 0.257 e. The van der Waals surface area contributed by atoms with Gasteiger partial charge < -0.3 is 14.3 Å². The minimum absolute atomic E-state index is 0.233. The number of hydrogen-bond acceptors (Lipinski definition) is 4. The third kappa shape index (κ3) is 3.52. The van der Waals surface area contributed by atoms with Crippen LogP contribution < -0.4 is 5.32 Å². The number of benzene rings is 2. The number of imidazole rings is 1. The van der Waals surface area contributed by atoms with Gasteiger partial charge in [0, 0.05) is 18.8 Å². The number of anilines is 1. The normalized spacial score (nSPS) is 14.1. The van der Waals surface area contributed by atoms with Crippen LogP contribution >= 0.6 is 11.6 Å². The maximum Gasteiger partial charge on any atom is 0.257 e. The van der Waals surface area contributed by atoms with Gasteiger partial charge in [-0.05, 0) is 42.5 Å². The summed E-state index contributed by atoms with van der Waals surface area (Å²) in [5.41, 5.74) is 3.10. The quantitative estimate of drug-likeness (QED) is 0.540. The molecule has 0 fully saturated rings. The highest BCUT2D eigenvalue weighted by Gasteiger charge is 2.21. The number of amides is 1. The number of furan rings is 1. The van der Waals surface area contributed by atoms with E-state index in [2.05, 4.69) is 14.8 Å². The van der Waals surface area contributed by atoms with Crippen molar-refractivity contribution in [1.29, 1.82) is 0 Å². The molecule has 4 aromatic rings. The number of nitrogens with zero attached hydrogens (tertiary/aromatic N) is 3. The first-order chi connectivity index (χ1) is 14.2. The second-order valence-electron chi connectivity index (χ2n) is 7.11. The van der Waals surface area contributed by atoms with Crippen molar-refractivity contribution in [3.8, 4) is 0 Å². The zero-order valence-electron chi connectivity index (χ0n) is 15.6. The molecule has 1 aliphatic heterocycles. The van der Waals surface area contributed by atoms with Crippen LogP contribution in [0.25, 0.3) is 11.0 Å². The van der Waals surface area contributed by atoms with E-state index in [1.165, 1.54) is 0 Å². The lowest BCUT2D eigenvalue weighted by Gasteiger charge is -2.26. The third-order valence-electron chi connectivity index (χ3n) is 5.17. The Bertz CT molecular complexity index is 1180. The standard InChI is InChI=1S/C22H19ClN4O2/c23-18-6-2-1-5-17(18)22(28)24-15-7-8-20-19(12-15)25-21-14-26(9-10-27(20)21)13-16-4-3-11-29-16/h1-8,11-12H,9-10,13-14H2,(H,24,28). The molecule has 5 rings (SSSR count). The number of carbonyl (C=O) groups is 1. The van der Waals surface area contributed by atoms with E-state index in [0.29, 0.717) is 16.3 Å². The minimum atomic E-state index is -0.233. The Morgan fingerprint density at radius 2 is 2.03 bits per heavy atom. The summed E-state index contributed by atoms with van der Waals surface area (Å²) in [6.07, 6.45) is 1.70. The van der Waals surface area contributed by atoms with Crippen molar-refractivity contribution < 1.29 is 9.21 Å². The van der Waals surface area contributed by atoms with Crippen molar-refractivity contribution in [2.24, 2.45) is 0 Å². The van der Waals surface area contributed by atoms with Crippen LogP contribution in [0.3, 0.4) is 0 Å². The summed E-state index contributed by atoms with van der Waals surface area (Å²) in [5.74, 6) is 1.75. The Labute approximate surface area is 172 Å². The second-order valence-corrected chi connectivity index (χ2v) is 7.51. The molecular weight excluding hydrogens is 388 g/mol. The highest BCUT2D eigenvalue weighted by atomic mass is 35.5. The van der Waals surface area contributed by atoms with Gasteiger partial charge in [-0.3, -0.25) is 9.69 Å². The average Bonchev–Trinajstić information content (AvgIpc) is 3.35. The summed E-state index contributed by atoms with van der Waals surface area (Å²) in [6, 6.07) is 16.7. The van der Waals surface area contributed by atoms with E-state index in [1.807, 2.05) is 30.3 Å². The van der Waals surface area contributed by atoms with E-state index in [4.69, 9.17) is 21.0 Å². The second kappa shape index (κ2) is 7.39. The largest absolute Gasteiger partial charge is 0.468 e. The Morgan fingerprint density at radius 3 is 2.86 bits per heavy atom. The first kappa shape index (κ1) is 18.0. The van der Waals surface area contributed by atoms with Gasteiger partial charge in [0.25, 0.3) is 5.91 Å². The molecule has 1 aliphatic rings. The lowest BCUT2D eigenvalue weighted by molar-refractivity contribution is 0.102. The Morgan fingerprint density at radius 1 is 1.14 bits per heavy atom. The molecule has 0 radical (unpaired) electrons. The summed E-state index contributed by atoms with van der Waals surface area (Å²) >= 11 is 6.13. The van der Waals surface area contributed by atoms with E-state index in [9.17, 15) is 4.79 Å². The zero-order valence-corrected chi connectivity index (χ0v) is 16.4. The van der Waals surface area contributed by atoms with Crippen molar-refractivity contribution in [2.45, 2.75) is 19.6 Å². The molecule has 0 unspecified atom stereocenters. The van der Waals surface area contributed by atoms with Gasteiger partial charge in [0.05, 0.1) is 41.0 Å². The molecule has 7 heteroatoms. The molecule has 0 saturated heterocycles. The first-order valence-electron chi connectivity index (χ1n) is 9.47. The van der Waals surface area contributed by atoms with Gasteiger partial charge >= 0.3 is 0 Å². The highest BCUT2D eigenvalue weighted by Crippen LogP contribution is 2.25. The zero-order chi connectivity index (χ0) is 19.8. The molecule has 6 nitrogen and oxygen atoms in total. The minimum Gasteiger partial charge on any atom is -0.468 e. The van der Waals surface area contributed by atoms with Crippen molar-refractivity contribution in [3.05, 3.63) is 83.0 Å². The number of nitrogens with one attached hydrogen (secondary N) is 1. The van der Waals surface area contributed by atoms with E-state index in [1.54, 1.807) is 30.5 Å². The molecule has 1 amide bonds. The van der Waals surface area contributed by atoms with Crippen molar-refractivity contribution >= 4 is 34.2 Å². The van der Waals surface area contributed by atoms with Crippen LogP contribution in [0.2, 0.25) is 5.02 Å². The molecule has 2 aromatic heterocycles. The Kier molecular flexibility index (Phi) is 4.58. The molecule has 0 atom stereocenters. The summed E-state index contributed by atoms with van der Waals surface area (Å²) in [5, 5.41) is 3.35. The molecule has 1 N–H and O–H groups in total. The molecule has 0 saturated carbocycles. The van der Waals surface area contributed by atoms with Gasteiger partial charge in [-0.2, -0.15) is 0 Å². The molecule has 0 aliphatic carbocycles. The first-order valence-corrected chi connectivity index (χ1v) is 9.85. The third-order valence-corrected chi connectivity index (χ3v) is 5.50. The number of hydrogen-bond donors (Lipinski definition) is 1. The summed E-state index contributed by atoms with van der Waals surface area (Å²) in [6.45, 7) is 3.34. The predicted octanol–water partition coefficient (Wildman–Crippen LogP) is 4.55. The van der Waals surface area contributed by atoms with Gasteiger partial charge in [0.15, 0.2) is 0 Å². The maximum atomic E-state index is 12.5. The van der Waals surface area contributed by atoms with Crippen LogP contribution in [0.4, 0.5) is 5.69 Å². The molecule has 3 heterocycles. The number of rotatable bonds is 4. The van der Waals surface area contributed by atoms with Crippen LogP contribution in [0.15, 0.2) is 65.3 Å². The van der Waals surface area contributed by atoms with E-state index >= 15 is 0 Å². The molecule has 0 bridgehead atoms. The van der Waals surface area contributed by atoms with Crippen molar-refractivity contribution in [2.75, 3.05) is 11.9 Å². The number of halogens is 1. The molecular formula is C22H19ClN4O2. The molecule has 0 spiro atoms. The Balaban J connectivity index is 1.37. The van der Waals surface area contributed by atoms with Crippen LogP contribution in [0, 0.1) is 0 Å². The van der Waals surface area contributed by atoms with E-state index in [-0.39, 0.29) is 5.91 Å². The molecule has 146 valence electrons. The monoisotopic (exact) mass is 406 g/mol. The fraction of sp³-hybridized carbons (Fsp3) is 0.182. The highest BCUT2D eigenvalue weighted by molar-refractivity contribution is 6.34. The SMILES string of the molecule is O=C(Nc1ccc2c(c1)nc1n2CCN(Cc2ccco2)C1)c1ccccc1Cl. The van der Waals surface area contributed by atoms with E-state index < -0.39 is 0 Å². The van der Waals surface area contributed by atoms with Gasteiger partial charge in [-0.25, -0.2) is 4.98 Å². The van der Waals surface area contributed by atoms with Crippen LogP contribution in [0.5, 0.6) is 0 Å². The maximum absolute atomic E-state index is 12.5. The van der Waals surface area contributed by atoms with Crippen molar-refractivity contribution in [1.82, 2.24) is 14.5 Å². The van der Waals surface area contributed by atoms with Gasteiger partial charge in [-0.1, -0.05) is 23.7 Å². The fourth-order valence-corrected chi connectivity index (χ4v) is 3.97. The summed E-state index contributed by atoms with van der Waals surface area (Å²) < 4.78 is 7.71. The average molecular weight is 407 g/mol. The predicted molar refractivity (Wildman–Crippen MR) is 112 cm³/mol. The van der Waals surface area contributed by atoms with Crippen LogP contribution in [-0.2, 0) is 19.6 Å². The van der Waals surface area contributed by atoms with Gasteiger partial charge in [-0.15, -0.1) is 0 Å². The summed E-state index contributed by atoms with van der Waals surface area (Å²) in [7, 11) is 0. The van der Waals surface area contributed by atoms with Crippen LogP contribution in [0.1, 0.15) is 21.9 Å². The number of carbonyl (C=O) groups excluding carboxylic acids is 1. The summed E-state index contributed by atoms with van der Waals surface area (Å²) in [4.78, 5) is 19.6. The van der Waals surface area contributed by atoms with Gasteiger partial charge in [0.1, 0.15) is 11.6 Å². The molecule has 29 heavy (non-hydrogen) atoms. The van der Waals surface area contributed by atoms with E-state index in [0.717, 1.165) is 48.8 Å². The van der Waals surface area contributed by atoms with Gasteiger partial charge in [0.2, 0.25) is 0 Å². The van der Waals surface area contributed by atoms with Crippen molar-refractivity contribution in [3.63, 3.8) is 0 Å². The lowest BCUT2D eigenvalue weighted by atomic mass is 10.2. The lowest BCUT2D eigenvalue weighted by Crippen LogP contribution is -2.33. The number of aromatic nitrogens is 2. The molecule has 2 aromatic carbocycles. The topological polar surface area (TPSA) is 63.3 Å². The fourth-order valence-electron chi connectivity index (χ4n) is 3.75. The Hall–Kier alpha value is -3.09. The number of fused-ring (bicyclic) bond motifs is 3.